The van der Waals surface area contributed by atoms with Gasteiger partial charge in [0.25, 0.3) is 0 Å². The highest BCUT2D eigenvalue weighted by Crippen LogP contribution is 2.04. The highest BCUT2D eigenvalue weighted by atomic mass is 32.2. The molecule has 0 aliphatic rings. The van der Waals surface area contributed by atoms with Crippen molar-refractivity contribution in [1.29, 1.82) is 0 Å². The fourth-order valence-electron chi connectivity index (χ4n) is 2.48. The number of carbonyl (C=O) groups excluding carboxylic acids is 4. The Labute approximate surface area is 182 Å². The zero-order valence-corrected chi connectivity index (χ0v) is 17.7. The molecule has 0 saturated carbocycles. The first-order valence-corrected chi connectivity index (χ1v) is 10.6. The van der Waals surface area contributed by atoms with Crippen molar-refractivity contribution in [2.45, 2.75) is 37.4 Å². The molecular formula is C17H27N7O6S. The molecular weight excluding hydrogens is 430 g/mol. The van der Waals surface area contributed by atoms with Crippen molar-refractivity contribution < 1.29 is 29.1 Å². The Morgan fingerprint density at radius 1 is 1.16 bits per heavy atom. The first-order valence-electron chi connectivity index (χ1n) is 9.24. The molecule has 14 heteroatoms. The second-order valence-corrected chi connectivity index (χ2v) is 7.56. The number of primary amides is 1. The average molecular weight is 458 g/mol. The van der Waals surface area contributed by atoms with Gasteiger partial charge in [0, 0.05) is 18.3 Å². The number of H-pyrrole nitrogens is 1. The van der Waals surface area contributed by atoms with Gasteiger partial charge in [-0.2, -0.15) is 11.8 Å². The molecule has 1 rings (SSSR count). The van der Waals surface area contributed by atoms with Crippen LogP contribution >= 0.6 is 11.8 Å². The fraction of sp³-hybridized carbons (Fsp3) is 0.529. The third-order valence-corrected chi connectivity index (χ3v) is 4.67. The van der Waals surface area contributed by atoms with Crippen LogP contribution in [0.5, 0.6) is 0 Å². The Hall–Kier alpha value is -3.13. The van der Waals surface area contributed by atoms with Crippen molar-refractivity contribution in [3.8, 4) is 0 Å². The second-order valence-electron chi connectivity index (χ2n) is 6.57. The monoisotopic (exact) mass is 457 g/mol. The van der Waals surface area contributed by atoms with Crippen LogP contribution in [0, 0.1) is 0 Å². The van der Waals surface area contributed by atoms with Crippen molar-refractivity contribution >= 4 is 41.4 Å². The SMILES string of the molecule is CSCCC(NC(=O)C(N)Cc1cnc[nH]1)C(=O)NC(CC(N)=O)C(=O)NCC(=O)O. The number of aromatic amines is 1. The van der Waals surface area contributed by atoms with E-state index in [2.05, 4.69) is 25.9 Å². The summed E-state index contributed by atoms with van der Waals surface area (Å²) in [6.45, 7) is -0.695. The quantitative estimate of drug-likeness (QED) is 0.152. The number of thioether (sulfide) groups is 1. The number of aliphatic carboxylic acids is 1. The minimum absolute atomic E-state index is 0.171. The van der Waals surface area contributed by atoms with Crippen LogP contribution in [0.1, 0.15) is 18.5 Å². The third-order valence-electron chi connectivity index (χ3n) is 4.03. The molecule has 0 radical (unpaired) electrons. The Kier molecular flexibility index (Phi) is 11.1. The predicted octanol–water partition coefficient (Wildman–Crippen LogP) is -2.92. The van der Waals surface area contributed by atoms with E-state index in [1.807, 2.05) is 6.26 Å². The number of carboxylic acids is 1. The van der Waals surface area contributed by atoms with E-state index >= 15 is 0 Å². The van der Waals surface area contributed by atoms with Gasteiger partial charge in [-0.05, 0) is 18.4 Å². The lowest BCUT2D eigenvalue weighted by atomic mass is 10.1. The number of hydrogen-bond acceptors (Lipinski definition) is 8. The van der Waals surface area contributed by atoms with E-state index in [0.717, 1.165) is 0 Å². The minimum Gasteiger partial charge on any atom is -0.480 e. The summed E-state index contributed by atoms with van der Waals surface area (Å²) >= 11 is 1.44. The lowest BCUT2D eigenvalue weighted by Gasteiger charge is -2.23. The molecule has 13 nitrogen and oxygen atoms in total. The topological polar surface area (TPSA) is 222 Å². The van der Waals surface area contributed by atoms with Crippen LogP contribution < -0.4 is 27.4 Å². The van der Waals surface area contributed by atoms with Gasteiger partial charge >= 0.3 is 5.97 Å². The minimum atomic E-state index is -1.39. The molecule has 0 spiro atoms. The first-order chi connectivity index (χ1) is 14.6. The van der Waals surface area contributed by atoms with Crippen LogP contribution in [0.4, 0.5) is 0 Å². The summed E-state index contributed by atoms with van der Waals surface area (Å²) in [6.07, 6.45) is 4.65. The standard InChI is InChI=1S/C17H27N7O6S/c1-31-3-2-11(23-15(28)10(18)4-9-6-20-8-22-9)17(30)24-12(5-13(19)25)16(29)21-7-14(26)27/h6,8,10-12H,2-5,7,18H2,1H3,(H2,19,25)(H,20,22)(H,21,29)(H,23,28)(H,24,30)(H,26,27). The van der Waals surface area contributed by atoms with Crippen LogP contribution in [-0.4, -0.2) is 81.4 Å². The lowest BCUT2D eigenvalue weighted by molar-refractivity contribution is -0.138. The number of rotatable bonds is 14. The number of nitrogens with zero attached hydrogens (tertiary/aromatic N) is 1. The van der Waals surface area contributed by atoms with Crippen LogP contribution in [0.25, 0.3) is 0 Å². The number of amides is 4. The summed E-state index contributed by atoms with van der Waals surface area (Å²) in [5.74, 6) is -3.86. The van der Waals surface area contributed by atoms with E-state index in [0.29, 0.717) is 11.4 Å². The Balaban J connectivity index is 2.82. The van der Waals surface area contributed by atoms with Gasteiger partial charge in [-0.25, -0.2) is 4.98 Å². The number of imidazole rings is 1. The van der Waals surface area contributed by atoms with Gasteiger partial charge in [0.15, 0.2) is 0 Å². The summed E-state index contributed by atoms with van der Waals surface area (Å²) < 4.78 is 0. The van der Waals surface area contributed by atoms with Crippen molar-refractivity contribution in [2.75, 3.05) is 18.6 Å². The van der Waals surface area contributed by atoms with Crippen molar-refractivity contribution in [3.63, 3.8) is 0 Å². The summed E-state index contributed by atoms with van der Waals surface area (Å²) in [5.41, 5.74) is 11.7. The molecule has 1 aromatic rings. The van der Waals surface area contributed by atoms with Crippen LogP contribution in [-0.2, 0) is 30.4 Å². The van der Waals surface area contributed by atoms with Crippen molar-refractivity contribution in [2.24, 2.45) is 11.5 Å². The molecule has 0 saturated heterocycles. The molecule has 0 aliphatic heterocycles. The van der Waals surface area contributed by atoms with Gasteiger partial charge in [-0.3, -0.25) is 24.0 Å². The molecule has 0 aliphatic carbocycles. The van der Waals surface area contributed by atoms with E-state index in [1.165, 1.54) is 24.3 Å². The zero-order valence-electron chi connectivity index (χ0n) is 16.9. The van der Waals surface area contributed by atoms with Gasteiger partial charge in [0.05, 0.1) is 18.8 Å². The van der Waals surface area contributed by atoms with Gasteiger partial charge in [0.1, 0.15) is 18.6 Å². The maximum Gasteiger partial charge on any atom is 0.322 e. The number of carbonyl (C=O) groups is 5. The summed E-state index contributed by atoms with van der Waals surface area (Å²) in [4.78, 5) is 65.9. The van der Waals surface area contributed by atoms with E-state index in [1.54, 1.807) is 0 Å². The van der Waals surface area contributed by atoms with Crippen molar-refractivity contribution in [1.82, 2.24) is 25.9 Å². The molecule has 172 valence electrons. The van der Waals surface area contributed by atoms with E-state index < -0.39 is 60.7 Å². The maximum absolute atomic E-state index is 12.7. The molecule has 9 N–H and O–H groups in total. The Bertz CT molecular complexity index is 773. The van der Waals surface area contributed by atoms with E-state index in [4.69, 9.17) is 16.6 Å². The van der Waals surface area contributed by atoms with Crippen LogP contribution in [0.3, 0.4) is 0 Å². The molecule has 4 amide bonds. The third kappa shape index (κ3) is 9.95. The predicted molar refractivity (Wildman–Crippen MR) is 112 cm³/mol. The van der Waals surface area contributed by atoms with Gasteiger partial charge in [0.2, 0.25) is 23.6 Å². The Morgan fingerprint density at radius 2 is 1.84 bits per heavy atom. The number of nitrogens with two attached hydrogens (primary N) is 2. The van der Waals surface area contributed by atoms with E-state index in [-0.39, 0.29) is 12.8 Å². The molecule has 31 heavy (non-hydrogen) atoms. The number of carboxylic acid groups (broad SMARTS) is 1. The summed E-state index contributed by atoms with van der Waals surface area (Å²) in [6, 6.07) is -3.38. The zero-order chi connectivity index (χ0) is 23.4. The highest BCUT2D eigenvalue weighted by molar-refractivity contribution is 7.98. The second kappa shape index (κ2) is 13.2. The molecule has 0 bridgehead atoms. The van der Waals surface area contributed by atoms with Crippen LogP contribution in [0.2, 0.25) is 0 Å². The number of hydrogen-bond donors (Lipinski definition) is 7. The fourth-order valence-corrected chi connectivity index (χ4v) is 2.95. The Morgan fingerprint density at radius 3 is 2.39 bits per heavy atom. The molecule has 1 aromatic heterocycles. The number of aromatic nitrogens is 2. The number of nitrogens with one attached hydrogen (secondary N) is 4. The maximum atomic E-state index is 12.7. The molecule has 1 heterocycles. The summed E-state index contributed by atoms with van der Waals surface area (Å²) in [7, 11) is 0. The van der Waals surface area contributed by atoms with Gasteiger partial charge in [-0.1, -0.05) is 0 Å². The molecule has 0 fully saturated rings. The smallest absolute Gasteiger partial charge is 0.322 e. The first kappa shape index (κ1) is 25.9. The summed E-state index contributed by atoms with van der Waals surface area (Å²) in [5, 5.41) is 15.6. The van der Waals surface area contributed by atoms with Gasteiger partial charge in [-0.15, -0.1) is 0 Å². The molecule has 3 unspecified atom stereocenters. The van der Waals surface area contributed by atoms with Gasteiger partial charge < -0.3 is 37.5 Å². The molecule has 3 atom stereocenters. The normalized spacial score (nSPS) is 13.5. The van der Waals surface area contributed by atoms with Crippen LogP contribution in [0.15, 0.2) is 12.5 Å². The lowest BCUT2D eigenvalue weighted by Crippen LogP contribution is -2.57. The van der Waals surface area contributed by atoms with E-state index in [9.17, 15) is 24.0 Å². The average Bonchev–Trinajstić information content (AvgIpc) is 3.20. The van der Waals surface area contributed by atoms with Crippen molar-refractivity contribution in [3.05, 3.63) is 18.2 Å². The molecule has 0 aromatic carbocycles. The highest BCUT2D eigenvalue weighted by Gasteiger charge is 2.29. The largest absolute Gasteiger partial charge is 0.480 e.